The molecule has 22 heavy (non-hydrogen) atoms. The molecule has 0 aromatic carbocycles. The highest BCUT2D eigenvalue weighted by molar-refractivity contribution is 5.38. The minimum atomic E-state index is 0.318. The number of rotatable bonds is 4. The second-order valence-electron chi connectivity index (χ2n) is 6.49. The number of likely N-dealkylation sites (tertiary alicyclic amines) is 1. The summed E-state index contributed by atoms with van der Waals surface area (Å²) >= 11 is 0. The van der Waals surface area contributed by atoms with E-state index in [0.29, 0.717) is 11.9 Å². The van der Waals surface area contributed by atoms with E-state index in [9.17, 15) is 0 Å². The fourth-order valence-electron chi connectivity index (χ4n) is 3.48. The second-order valence-corrected chi connectivity index (χ2v) is 6.49. The first kappa shape index (κ1) is 15.7. The lowest BCUT2D eigenvalue weighted by Crippen LogP contribution is -2.42. The molecule has 2 saturated heterocycles. The zero-order valence-corrected chi connectivity index (χ0v) is 13.4. The number of hydrogen-bond acceptors (Lipinski definition) is 5. The molecule has 0 radical (unpaired) electrons. The van der Waals surface area contributed by atoms with Gasteiger partial charge >= 0.3 is 0 Å². The number of nitrogens with two attached hydrogens (primary N) is 1. The molecule has 1 aromatic rings. The van der Waals surface area contributed by atoms with Crippen molar-refractivity contribution in [2.24, 2.45) is 0 Å². The molecule has 1 atom stereocenters. The summed E-state index contributed by atoms with van der Waals surface area (Å²) in [6.07, 6.45) is 7.22. The Morgan fingerprint density at radius 2 is 1.95 bits per heavy atom. The molecule has 2 N–H and O–H groups in total. The normalized spacial score (nSPS) is 25.0. The van der Waals surface area contributed by atoms with Crippen LogP contribution in [0.4, 0.5) is 5.82 Å². The molecule has 0 bridgehead atoms. The molecule has 3 heterocycles. The molecule has 5 nitrogen and oxygen atoms in total. The van der Waals surface area contributed by atoms with Gasteiger partial charge in [0.25, 0.3) is 0 Å². The van der Waals surface area contributed by atoms with Crippen LogP contribution in [-0.4, -0.2) is 60.2 Å². The van der Waals surface area contributed by atoms with Crippen molar-refractivity contribution in [3.8, 4) is 0 Å². The summed E-state index contributed by atoms with van der Waals surface area (Å²) in [5.74, 6) is 0.653. The monoisotopic (exact) mass is 304 g/mol. The van der Waals surface area contributed by atoms with Crippen molar-refractivity contribution in [3.63, 3.8) is 0 Å². The van der Waals surface area contributed by atoms with Crippen LogP contribution >= 0.6 is 0 Å². The van der Waals surface area contributed by atoms with Crippen LogP contribution < -0.4 is 5.73 Å². The Balaban J connectivity index is 1.56. The Kier molecular flexibility index (Phi) is 5.64. The number of aromatic nitrogens is 1. The molecule has 0 aliphatic carbocycles. The van der Waals surface area contributed by atoms with E-state index in [1.165, 1.54) is 32.4 Å². The standard InChI is InChI=1S/C17H28N4O/c18-17-15(6-4-7-19-17)12-21-10-5-11-22-16(14-21)13-20-8-2-1-3-9-20/h4,6-7,16H,1-3,5,8-14H2,(H2,18,19)/t16-/m1/s1. The Hall–Kier alpha value is -1.17. The highest BCUT2D eigenvalue weighted by atomic mass is 16.5. The van der Waals surface area contributed by atoms with Gasteiger partial charge in [0.1, 0.15) is 5.82 Å². The predicted molar refractivity (Wildman–Crippen MR) is 88.6 cm³/mol. The summed E-state index contributed by atoms with van der Waals surface area (Å²) in [7, 11) is 0. The van der Waals surface area contributed by atoms with E-state index in [-0.39, 0.29) is 0 Å². The maximum Gasteiger partial charge on any atom is 0.127 e. The van der Waals surface area contributed by atoms with Gasteiger partial charge in [0.2, 0.25) is 0 Å². The fourth-order valence-corrected chi connectivity index (χ4v) is 3.48. The Labute approximate surface area is 133 Å². The van der Waals surface area contributed by atoms with Crippen molar-refractivity contribution < 1.29 is 4.74 Å². The lowest BCUT2D eigenvalue weighted by molar-refractivity contribution is 0.0217. The highest BCUT2D eigenvalue weighted by Gasteiger charge is 2.22. The largest absolute Gasteiger partial charge is 0.383 e. The van der Waals surface area contributed by atoms with E-state index in [1.54, 1.807) is 6.20 Å². The van der Waals surface area contributed by atoms with Crippen molar-refractivity contribution in [2.75, 3.05) is 45.1 Å². The summed E-state index contributed by atoms with van der Waals surface area (Å²) < 4.78 is 6.07. The van der Waals surface area contributed by atoms with Gasteiger partial charge in [-0.25, -0.2) is 4.98 Å². The second kappa shape index (κ2) is 7.90. The first-order valence-corrected chi connectivity index (χ1v) is 8.57. The minimum Gasteiger partial charge on any atom is -0.383 e. The van der Waals surface area contributed by atoms with Gasteiger partial charge < -0.3 is 15.4 Å². The Bertz CT molecular complexity index is 462. The van der Waals surface area contributed by atoms with Crippen molar-refractivity contribution in [1.82, 2.24) is 14.8 Å². The van der Waals surface area contributed by atoms with Crippen molar-refractivity contribution in [1.29, 1.82) is 0 Å². The Morgan fingerprint density at radius 3 is 2.77 bits per heavy atom. The molecule has 122 valence electrons. The summed E-state index contributed by atoms with van der Waals surface area (Å²) in [6, 6.07) is 4.04. The molecule has 3 rings (SSSR count). The third kappa shape index (κ3) is 4.41. The van der Waals surface area contributed by atoms with Crippen molar-refractivity contribution >= 4 is 5.82 Å². The molecular formula is C17H28N4O. The third-order valence-electron chi connectivity index (χ3n) is 4.66. The molecule has 2 aliphatic rings. The molecule has 5 heteroatoms. The molecule has 0 spiro atoms. The van der Waals surface area contributed by atoms with Gasteiger partial charge in [0, 0.05) is 44.5 Å². The average Bonchev–Trinajstić information content (AvgIpc) is 2.76. The van der Waals surface area contributed by atoms with Gasteiger partial charge in [-0.05, 0) is 38.4 Å². The van der Waals surface area contributed by atoms with Crippen molar-refractivity contribution in [3.05, 3.63) is 23.9 Å². The third-order valence-corrected chi connectivity index (χ3v) is 4.66. The number of ether oxygens (including phenoxy) is 1. The topological polar surface area (TPSA) is 54.6 Å². The number of piperidine rings is 1. The van der Waals surface area contributed by atoms with Crippen molar-refractivity contribution in [2.45, 2.75) is 38.3 Å². The maximum absolute atomic E-state index is 6.07. The van der Waals surface area contributed by atoms with Crippen LogP contribution in [0.15, 0.2) is 18.3 Å². The van der Waals surface area contributed by atoms with E-state index >= 15 is 0 Å². The first-order chi connectivity index (χ1) is 10.8. The molecule has 0 unspecified atom stereocenters. The van der Waals surface area contributed by atoms with Gasteiger partial charge in [-0.15, -0.1) is 0 Å². The number of hydrogen-bond donors (Lipinski definition) is 1. The molecule has 0 amide bonds. The average molecular weight is 304 g/mol. The van der Waals surface area contributed by atoms with Crippen LogP contribution in [0, 0.1) is 0 Å². The zero-order valence-electron chi connectivity index (χ0n) is 13.4. The fraction of sp³-hybridized carbons (Fsp3) is 0.706. The van der Waals surface area contributed by atoms with Crippen LogP contribution in [0.25, 0.3) is 0 Å². The molecule has 2 fully saturated rings. The lowest BCUT2D eigenvalue weighted by Gasteiger charge is -2.31. The van der Waals surface area contributed by atoms with Crippen LogP contribution in [-0.2, 0) is 11.3 Å². The number of nitrogens with zero attached hydrogens (tertiary/aromatic N) is 3. The van der Waals surface area contributed by atoms with E-state index in [1.807, 2.05) is 6.07 Å². The molecular weight excluding hydrogens is 276 g/mol. The van der Waals surface area contributed by atoms with Gasteiger partial charge in [0.05, 0.1) is 6.10 Å². The zero-order chi connectivity index (χ0) is 15.2. The van der Waals surface area contributed by atoms with E-state index in [2.05, 4.69) is 20.9 Å². The van der Waals surface area contributed by atoms with E-state index in [0.717, 1.165) is 44.8 Å². The van der Waals surface area contributed by atoms with Gasteiger partial charge in [0.15, 0.2) is 0 Å². The van der Waals surface area contributed by atoms with Gasteiger partial charge in [-0.1, -0.05) is 12.5 Å². The number of pyridine rings is 1. The molecule has 2 aliphatic heterocycles. The van der Waals surface area contributed by atoms with E-state index < -0.39 is 0 Å². The van der Waals surface area contributed by atoms with Crippen LogP contribution in [0.1, 0.15) is 31.2 Å². The van der Waals surface area contributed by atoms with Crippen LogP contribution in [0.3, 0.4) is 0 Å². The summed E-state index contributed by atoms with van der Waals surface area (Å²) in [4.78, 5) is 9.23. The summed E-state index contributed by atoms with van der Waals surface area (Å²) in [6.45, 7) is 7.34. The summed E-state index contributed by atoms with van der Waals surface area (Å²) in [5.41, 5.74) is 7.11. The van der Waals surface area contributed by atoms with E-state index in [4.69, 9.17) is 10.5 Å². The SMILES string of the molecule is Nc1ncccc1CN1CCCO[C@H](CN2CCCCC2)C1. The Morgan fingerprint density at radius 1 is 1.14 bits per heavy atom. The smallest absolute Gasteiger partial charge is 0.127 e. The maximum atomic E-state index is 6.07. The van der Waals surface area contributed by atoms with Crippen LogP contribution in [0.5, 0.6) is 0 Å². The summed E-state index contributed by atoms with van der Waals surface area (Å²) in [5, 5.41) is 0. The predicted octanol–water partition coefficient (Wildman–Crippen LogP) is 1.74. The molecule has 0 saturated carbocycles. The van der Waals surface area contributed by atoms with Gasteiger partial charge in [-0.3, -0.25) is 4.90 Å². The minimum absolute atomic E-state index is 0.318. The van der Waals surface area contributed by atoms with Crippen LogP contribution in [0.2, 0.25) is 0 Å². The lowest BCUT2D eigenvalue weighted by atomic mass is 10.1. The quantitative estimate of drug-likeness (QED) is 0.918. The highest BCUT2D eigenvalue weighted by Crippen LogP contribution is 2.16. The molecule has 1 aromatic heterocycles. The number of nitrogen functional groups attached to an aromatic ring is 1. The number of anilines is 1. The van der Waals surface area contributed by atoms with Gasteiger partial charge in [-0.2, -0.15) is 0 Å². The first-order valence-electron chi connectivity index (χ1n) is 8.57.